The van der Waals surface area contributed by atoms with Gasteiger partial charge in [0.25, 0.3) is 5.91 Å². The molecule has 1 amide bonds. The van der Waals surface area contributed by atoms with Crippen molar-refractivity contribution in [1.29, 1.82) is 0 Å². The Morgan fingerprint density at radius 3 is 2.68 bits per heavy atom. The normalized spacial score (nSPS) is 19.9. The first-order valence-electron chi connectivity index (χ1n) is 8.69. The van der Waals surface area contributed by atoms with Gasteiger partial charge >= 0.3 is 0 Å². The third kappa shape index (κ3) is 3.60. The highest BCUT2D eigenvalue weighted by atomic mass is 16.5. The number of likely N-dealkylation sites (tertiary alicyclic amines) is 1. The number of rotatable bonds is 6. The number of amides is 1. The van der Waals surface area contributed by atoms with Gasteiger partial charge in [0.15, 0.2) is 6.61 Å². The molecular weight excluding hydrogens is 320 g/mol. The average molecular weight is 342 g/mol. The van der Waals surface area contributed by atoms with Crippen molar-refractivity contribution in [2.24, 2.45) is 0 Å². The second-order valence-corrected chi connectivity index (χ2v) is 6.64. The van der Waals surface area contributed by atoms with E-state index in [1.165, 1.54) is 12.8 Å². The number of carbonyl (C=O) groups is 1. The third-order valence-electron chi connectivity index (χ3n) is 4.84. The van der Waals surface area contributed by atoms with Gasteiger partial charge in [-0.2, -0.15) is 0 Å². The van der Waals surface area contributed by atoms with E-state index in [0.717, 1.165) is 24.4 Å². The molecule has 2 heterocycles. The molecule has 0 bridgehead atoms. The van der Waals surface area contributed by atoms with Gasteiger partial charge in [0.2, 0.25) is 0 Å². The smallest absolute Gasteiger partial charge is 0.260 e. The molecule has 132 valence electrons. The second kappa shape index (κ2) is 6.74. The van der Waals surface area contributed by atoms with Gasteiger partial charge < -0.3 is 14.4 Å². The van der Waals surface area contributed by atoms with Crippen LogP contribution < -0.4 is 9.47 Å². The second-order valence-electron chi connectivity index (χ2n) is 6.64. The molecule has 1 unspecified atom stereocenters. The number of benzene rings is 1. The Hall–Kier alpha value is -2.57. The molecule has 1 aromatic carbocycles. The van der Waals surface area contributed by atoms with E-state index in [1.807, 2.05) is 27.9 Å². The van der Waals surface area contributed by atoms with Gasteiger partial charge in [-0.05, 0) is 43.5 Å². The van der Waals surface area contributed by atoms with Crippen molar-refractivity contribution in [2.75, 3.05) is 26.8 Å². The largest absolute Gasteiger partial charge is 0.497 e. The lowest BCUT2D eigenvalue weighted by Gasteiger charge is -2.17. The lowest BCUT2D eigenvalue weighted by molar-refractivity contribution is -0.132. The summed E-state index contributed by atoms with van der Waals surface area (Å²) in [6.07, 6.45) is 5.39. The number of nitrogens with zero attached hydrogens (tertiary/aromatic N) is 4. The van der Waals surface area contributed by atoms with Gasteiger partial charge in [-0.1, -0.05) is 5.21 Å². The number of ether oxygens (including phenoxy) is 2. The summed E-state index contributed by atoms with van der Waals surface area (Å²) in [4.78, 5) is 14.2. The van der Waals surface area contributed by atoms with Crippen molar-refractivity contribution in [1.82, 2.24) is 19.9 Å². The summed E-state index contributed by atoms with van der Waals surface area (Å²) in [6.45, 7) is 1.44. The summed E-state index contributed by atoms with van der Waals surface area (Å²) in [6, 6.07) is 7.44. The SMILES string of the molecule is COc1ccc(OCC(=O)N2CCC(n3cc(C4CC4)nn3)C2)cc1. The molecule has 2 aliphatic rings. The maximum Gasteiger partial charge on any atom is 0.260 e. The van der Waals surface area contributed by atoms with Gasteiger partial charge in [-0.25, -0.2) is 4.68 Å². The zero-order valence-corrected chi connectivity index (χ0v) is 14.3. The molecule has 2 aromatic rings. The number of hydrogen-bond acceptors (Lipinski definition) is 5. The van der Waals surface area contributed by atoms with Crippen LogP contribution in [0.25, 0.3) is 0 Å². The Morgan fingerprint density at radius 2 is 1.96 bits per heavy atom. The topological polar surface area (TPSA) is 69.5 Å². The van der Waals surface area contributed by atoms with Gasteiger partial charge in [0, 0.05) is 25.2 Å². The Labute approximate surface area is 146 Å². The molecule has 0 N–H and O–H groups in total. The average Bonchev–Trinajstić information content (AvgIpc) is 3.18. The van der Waals surface area contributed by atoms with Crippen molar-refractivity contribution < 1.29 is 14.3 Å². The molecule has 2 fully saturated rings. The highest BCUT2D eigenvalue weighted by Crippen LogP contribution is 2.39. The minimum absolute atomic E-state index is 0.000787. The van der Waals surface area contributed by atoms with E-state index in [9.17, 15) is 4.79 Å². The molecule has 0 spiro atoms. The molecule has 0 radical (unpaired) electrons. The third-order valence-corrected chi connectivity index (χ3v) is 4.84. The summed E-state index contributed by atoms with van der Waals surface area (Å²) >= 11 is 0. The Kier molecular flexibility index (Phi) is 4.29. The quantitative estimate of drug-likeness (QED) is 0.803. The Bertz CT molecular complexity index is 739. The standard InChI is InChI=1S/C18H22N4O3/c1-24-15-4-6-16(7-5-15)25-12-18(23)21-9-8-14(10-21)22-11-17(19-20-22)13-2-3-13/h4-7,11,13-14H,2-3,8-10,12H2,1H3. The number of methoxy groups -OCH3 is 1. The van der Waals surface area contributed by atoms with Crippen LogP contribution >= 0.6 is 0 Å². The van der Waals surface area contributed by atoms with Crippen molar-refractivity contribution in [3.8, 4) is 11.5 Å². The molecule has 1 aliphatic heterocycles. The van der Waals surface area contributed by atoms with Crippen molar-refractivity contribution in [3.05, 3.63) is 36.2 Å². The maximum absolute atomic E-state index is 12.4. The van der Waals surface area contributed by atoms with E-state index >= 15 is 0 Å². The van der Waals surface area contributed by atoms with E-state index in [-0.39, 0.29) is 18.6 Å². The number of hydrogen-bond donors (Lipinski definition) is 0. The van der Waals surface area contributed by atoms with E-state index in [1.54, 1.807) is 19.2 Å². The first kappa shape index (κ1) is 15.9. The van der Waals surface area contributed by atoms with E-state index in [4.69, 9.17) is 9.47 Å². The fourth-order valence-corrected chi connectivity index (χ4v) is 3.13. The molecule has 1 saturated carbocycles. The van der Waals surface area contributed by atoms with Crippen molar-refractivity contribution in [3.63, 3.8) is 0 Å². The van der Waals surface area contributed by atoms with Crippen molar-refractivity contribution in [2.45, 2.75) is 31.2 Å². The van der Waals surface area contributed by atoms with Crippen LogP contribution in [0, 0.1) is 0 Å². The molecule has 1 atom stereocenters. The summed E-state index contributed by atoms with van der Waals surface area (Å²) in [5.41, 5.74) is 1.09. The summed E-state index contributed by atoms with van der Waals surface area (Å²) in [5.74, 6) is 2.03. The molecular formula is C18H22N4O3. The lowest BCUT2D eigenvalue weighted by Crippen LogP contribution is -2.33. The molecule has 4 rings (SSSR count). The van der Waals surface area contributed by atoms with Crippen LogP contribution in [0.4, 0.5) is 0 Å². The van der Waals surface area contributed by atoms with Gasteiger partial charge in [-0.3, -0.25) is 4.79 Å². The zero-order valence-electron chi connectivity index (χ0n) is 14.3. The maximum atomic E-state index is 12.4. The van der Waals surface area contributed by atoms with Crippen LogP contribution in [0.15, 0.2) is 30.5 Å². The zero-order chi connectivity index (χ0) is 17.2. The molecule has 1 saturated heterocycles. The fraction of sp³-hybridized carbons (Fsp3) is 0.500. The molecule has 7 heteroatoms. The van der Waals surface area contributed by atoms with Crippen LogP contribution in [0.3, 0.4) is 0 Å². The Balaban J connectivity index is 1.28. The van der Waals surface area contributed by atoms with Crippen LogP contribution in [0.5, 0.6) is 11.5 Å². The summed E-state index contributed by atoms with van der Waals surface area (Å²) < 4.78 is 12.6. The molecule has 1 aliphatic carbocycles. The fourth-order valence-electron chi connectivity index (χ4n) is 3.13. The van der Waals surface area contributed by atoms with Gasteiger partial charge in [0.1, 0.15) is 11.5 Å². The minimum atomic E-state index is 0.000787. The first-order chi connectivity index (χ1) is 12.2. The summed E-state index contributed by atoms with van der Waals surface area (Å²) in [7, 11) is 1.62. The predicted molar refractivity (Wildman–Crippen MR) is 90.7 cm³/mol. The Morgan fingerprint density at radius 1 is 1.20 bits per heavy atom. The monoisotopic (exact) mass is 342 g/mol. The van der Waals surface area contributed by atoms with Crippen LogP contribution in [-0.4, -0.2) is 52.6 Å². The molecule has 1 aromatic heterocycles. The van der Waals surface area contributed by atoms with Crippen LogP contribution in [0.2, 0.25) is 0 Å². The van der Waals surface area contributed by atoms with Gasteiger partial charge in [0.05, 0.1) is 18.8 Å². The minimum Gasteiger partial charge on any atom is -0.497 e. The lowest BCUT2D eigenvalue weighted by atomic mass is 10.2. The van der Waals surface area contributed by atoms with Crippen LogP contribution in [-0.2, 0) is 4.79 Å². The van der Waals surface area contributed by atoms with Crippen molar-refractivity contribution >= 4 is 5.91 Å². The van der Waals surface area contributed by atoms with E-state index in [2.05, 4.69) is 10.3 Å². The first-order valence-corrected chi connectivity index (χ1v) is 8.69. The van der Waals surface area contributed by atoms with E-state index < -0.39 is 0 Å². The number of aromatic nitrogens is 3. The molecule has 7 nitrogen and oxygen atoms in total. The highest BCUT2D eigenvalue weighted by Gasteiger charge is 2.31. The van der Waals surface area contributed by atoms with Gasteiger partial charge in [-0.15, -0.1) is 5.10 Å². The van der Waals surface area contributed by atoms with Crippen LogP contribution in [0.1, 0.15) is 36.9 Å². The number of carbonyl (C=O) groups excluding carboxylic acids is 1. The molecule has 25 heavy (non-hydrogen) atoms. The summed E-state index contributed by atoms with van der Waals surface area (Å²) in [5, 5.41) is 8.51. The highest BCUT2D eigenvalue weighted by molar-refractivity contribution is 5.78. The van der Waals surface area contributed by atoms with E-state index in [0.29, 0.717) is 18.2 Å². The predicted octanol–water partition coefficient (Wildman–Crippen LogP) is 2.02.